The molecule has 1 aliphatic heterocycles. The van der Waals surface area contributed by atoms with E-state index in [1.807, 2.05) is 12.1 Å². The number of piperazine rings is 1. The van der Waals surface area contributed by atoms with Crippen LogP contribution in [0, 0.1) is 0 Å². The Hall–Kier alpha value is -1.07. The zero-order chi connectivity index (χ0) is 14.7. The fourth-order valence-electron chi connectivity index (χ4n) is 2.55. The van der Waals surface area contributed by atoms with Crippen LogP contribution in [0.5, 0.6) is 0 Å². The number of halogens is 1. The Morgan fingerprint density at radius 3 is 2.50 bits per heavy atom. The van der Waals surface area contributed by atoms with Gasteiger partial charge in [-0.25, -0.2) is 4.79 Å². The van der Waals surface area contributed by atoms with E-state index in [9.17, 15) is 4.79 Å². The molecule has 1 N–H and O–H groups in total. The van der Waals surface area contributed by atoms with E-state index in [1.54, 1.807) is 6.07 Å². The second-order valence-electron chi connectivity index (χ2n) is 5.25. The van der Waals surface area contributed by atoms with Crippen LogP contribution in [0.1, 0.15) is 30.6 Å². The van der Waals surface area contributed by atoms with E-state index in [0.717, 1.165) is 31.9 Å². The monoisotopic (exact) mass is 340 g/mol. The van der Waals surface area contributed by atoms with Crippen LogP contribution in [0.15, 0.2) is 22.7 Å². The van der Waals surface area contributed by atoms with Crippen molar-refractivity contribution in [3.63, 3.8) is 0 Å². The number of anilines is 1. The first kappa shape index (κ1) is 15.3. The quantitative estimate of drug-likeness (QED) is 0.914. The highest BCUT2D eigenvalue weighted by molar-refractivity contribution is 9.10. The summed E-state index contributed by atoms with van der Waals surface area (Å²) in [5.74, 6) is -0.898. The Balaban J connectivity index is 2.04. The molecule has 1 aliphatic rings. The zero-order valence-electron chi connectivity index (χ0n) is 12.0. The van der Waals surface area contributed by atoms with Crippen molar-refractivity contribution in [3.05, 3.63) is 28.2 Å². The molecule has 5 heteroatoms. The molecule has 0 saturated carbocycles. The van der Waals surface area contributed by atoms with Crippen LogP contribution in [-0.2, 0) is 0 Å². The molecule has 4 nitrogen and oxygen atoms in total. The number of carboxylic acids is 1. The average Bonchev–Trinajstić information content (AvgIpc) is 2.46. The Morgan fingerprint density at radius 1 is 1.35 bits per heavy atom. The summed E-state index contributed by atoms with van der Waals surface area (Å²) in [4.78, 5) is 15.8. The van der Waals surface area contributed by atoms with Gasteiger partial charge in [0.2, 0.25) is 0 Å². The number of hydrogen-bond acceptors (Lipinski definition) is 3. The van der Waals surface area contributed by atoms with Crippen LogP contribution in [0.4, 0.5) is 5.69 Å². The van der Waals surface area contributed by atoms with Gasteiger partial charge < -0.3 is 10.0 Å². The predicted octanol–water partition coefficient (Wildman–Crippen LogP) is 3.07. The minimum absolute atomic E-state index is 0.312. The van der Waals surface area contributed by atoms with Crippen molar-refractivity contribution in [3.8, 4) is 0 Å². The minimum Gasteiger partial charge on any atom is -0.478 e. The summed E-state index contributed by atoms with van der Waals surface area (Å²) in [5.41, 5.74) is 1.40. The van der Waals surface area contributed by atoms with Gasteiger partial charge in [-0.3, -0.25) is 4.90 Å². The second-order valence-corrected chi connectivity index (χ2v) is 6.10. The molecule has 1 unspecified atom stereocenters. The minimum atomic E-state index is -0.898. The second kappa shape index (κ2) is 6.59. The summed E-state index contributed by atoms with van der Waals surface area (Å²) in [7, 11) is 0. The molecule has 1 saturated heterocycles. The molecular weight excluding hydrogens is 320 g/mol. The fourth-order valence-corrected chi connectivity index (χ4v) is 3.09. The Labute approximate surface area is 128 Å². The highest BCUT2D eigenvalue weighted by Gasteiger charge is 2.21. The Kier molecular flexibility index (Phi) is 5.05. The molecule has 0 radical (unpaired) electrons. The highest BCUT2D eigenvalue weighted by Crippen LogP contribution is 2.25. The molecule has 1 aromatic rings. The molecule has 1 fully saturated rings. The summed E-state index contributed by atoms with van der Waals surface area (Å²) >= 11 is 3.34. The standard InChI is InChI=1S/C15H21BrN2O2/c1-3-11(2)17-6-8-18(9-7-17)12-4-5-13(15(19)20)14(16)10-12/h4-5,10-11H,3,6-9H2,1-2H3,(H,19,20). The molecule has 0 amide bonds. The van der Waals surface area contributed by atoms with Crippen LogP contribution in [0.25, 0.3) is 0 Å². The van der Waals surface area contributed by atoms with E-state index >= 15 is 0 Å². The topological polar surface area (TPSA) is 43.8 Å². The van der Waals surface area contributed by atoms with E-state index in [2.05, 4.69) is 39.6 Å². The normalized spacial score (nSPS) is 18.1. The third kappa shape index (κ3) is 3.33. The average molecular weight is 341 g/mol. The van der Waals surface area contributed by atoms with Gasteiger partial charge in [-0.1, -0.05) is 6.92 Å². The molecule has 1 heterocycles. The van der Waals surface area contributed by atoms with Crippen LogP contribution in [-0.4, -0.2) is 48.2 Å². The van der Waals surface area contributed by atoms with Gasteiger partial charge in [0, 0.05) is 42.4 Å². The van der Waals surface area contributed by atoms with Crippen molar-refractivity contribution >= 4 is 27.6 Å². The van der Waals surface area contributed by atoms with Gasteiger partial charge in [-0.2, -0.15) is 0 Å². The van der Waals surface area contributed by atoms with Crippen molar-refractivity contribution in [2.45, 2.75) is 26.3 Å². The van der Waals surface area contributed by atoms with E-state index in [4.69, 9.17) is 5.11 Å². The van der Waals surface area contributed by atoms with Crippen LogP contribution >= 0.6 is 15.9 Å². The first-order valence-corrected chi connectivity index (χ1v) is 7.84. The molecular formula is C15H21BrN2O2. The fraction of sp³-hybridized carbons (Fsp3) is 0.533. The number of rotatable bonds is 4. The first-order valence-electron chi connectivity index (χ1n) is 7.04. The SMILES string of the molecule is CCC(C)N1CCN(c2ccc(C(=O)O)c(Br)c2)CC1. The summed E-state index contributed by atoms with van der Waals surface area (Å²) in [6, 6.07) is 6.11. The number of hydrogen-bond donors (Lipinski definition) is 1. The molecule has 1 aromatic carbocycles. The summed E-state index contributed by atoms with van der Waals surface area (Å²) in [5, 5.41) is 9.04. The molecule has 0 aromatic heterocycles. The maximum atomic E-state index is 11.0. The van der Waals surface area contributed by atoms with E-state index in [1.165, 1.54) is 6.42 Å². The Morgan fingerprint density at radius 2 is 2.00 bits per heavy atom. The lowest BCUT2D eigenvalue weighted by Crippen LogP contribution is -2.49. The van der Waals surface area contributed by atoms with Crippen molar-refractivity contribution in [2.24, 2.45) is 0 Å². The predicted molar refractivity (Wildman–Crippen MR) is 84.6 cm³/mol. The van der Waals surface area contributed by atoms with Crippen molar-refractivity contribution < 1.29 is 9.90 Å². The van der Waals surface area contributed by atoms with E-state index in [0.29, 0.717) is 16.1 Å². The molecule has 20 heavy (non-hydrogen) atoms. The largest absolute Gasteiger partial charge is 0.478 e. The molecule has 0 aliphatic carbocycles. The molecule has 2 rings (SSSR count). The summed E-state index contributed by atoms with van der Waals surface area (Å²) < 4.78 is 0.645. The van der Waals surface area contributed by atoms with E-state index in [-0.39, 0.29) is 0 Å². The molecule has 110 valence electrons. The van der Waals surface area contributed by atoms with Gasteiger partial charge in [-0.05, 0) is 47.5 Å². The first-order chi connectivity index (χ1) is 9.52. The third-order valence-electron chi connectivity index (χ3n) is 4.08. The third-order valence-corrected chi connectivity index (χ3v) is 4.73. The van der Waals surface area contributed by atoms with Crippen LogP contribution in [0.3, 0.4) is 0 Å². The summed E-state index contributed by atoms with van der Waals surface area (Å²) in [6.07, 6.45) is 1.18. The van der Waals surface area contributed by atoms with Gasteiger partial charge in [0.25, 0.3) is 0 Å². The van der Waals surface area contributed by atoms with Crippen molar-refractivity contribution in [1.82, 2.24) is 4.90 Å². The van der Waals surface area contributed by atoms with Gasteiger partial charge in [0.05, 0.1) is 5.56 Å². The lowest BCUT2D eigenvalue weighted by Gasteiger charge is -2.39. The number of nitrogens with zero attached hydrogens (tertiary/aromatic N) is 2. The van der Waals surface area contributed by atoms with Crippen molar-refractivity contribution in [2.75, 3.05) is 31.1 Å². The zero-order valence-corrected chi connectivity index (χ0v) is 13.6. The summed E-state index contributed by atoms with van der Waals surface area (Å²) in [6.45, 7) is 8.60. The lowest BCUT2D eigenvalue weighted by molar-refractivity contribution is 0.0696. The number of carbonyl (C=O) groups is 1. The van der Waals surface area contributed by atoms with E-state index < -0.39 is 5.97 Å². The van der Waals surface area contributed by atoms with Crippen molar-refractivity contribution in [1.29, 1.82) is 0 Å². The molecule has 0 bridgehead atoms. The van der Waals surface area contributed by atoms with Gasteiger partial charge in [-0.15, -0.1) is 0 Å². The van der Waals surface area contributed by atoms with Crippen LogP contribution in [0.2, 0.25) is 0 Å². The maximum Gasteiger partial charge on any atom is 0.336 e. The number of aromatic carboxylic acids is 1. The number of carboxylic acid groups (broad SMARTS) is 1. The highest BCUT2D eigenvalue weighted by atomic mass is 79.9. The van der Waals surface area contributed by atoms with Crippen LogP contribution < -0.4 is 4.90 Å². The smallest absolute Gasteiger partial charge is 0.336 e. The number of benzene rings is 1. The van der Waals surface area contributed by atoms with Gasteiger partial charge >= 0.3 is 5.97 Å². The molecule has 1 atom stereocenters. The van der Waals surface area contributed by atoms with Gasteiger partial charge in [0.1, 0.15) is 0 Å². The van der Waals surface area contributed by atoms with Gasteiger partial charge in [0.15, 0.2) is 0 Å². The maximum absolute atomic E-state index is 11.0. The molecule has 0 spiro atoms. The Bertz CT molecular complexity index is 485. The lowest BCUT2D eigenvalue weighted by atomic mass is 10.1.